The van der Waals surface area contributed by atoms with Crippen molar-refractivity contribution in [3.63, 3.8) is 0 Å². The Morgan fingerprint density at radius 3 is 1.41 bits per heavy atom. The minimum absolute atomic E-state index is 0. The number of aryl methyl sites for hydroxylation is 2. The molecule has 8 nitrogen and oxygen atoms in total. The molecule has 8 aromatic rings. The Morgan fingerprint density at radius 1 is 0.490 bits per heavy atom. The molecule has 0 saturated carbocycles. The predicted octanol–water partition coefficient (Wildman–Crippen LogP) is 8.49. The van der Waals surface area contributed by atoms with Crippen molar-refractivity contribution in [2.24, 2.45) is 0 Å². The number of benzene rings is 4. The molecular formula is C39H24N6O2Pt2. The largest absolute Gasteiger partial charge is 2.00 e. The summed E-state index contributed by atoms with van der Waals surface area (Å²) >= 11 is 0. The zero-order valence-corrected chi connectivity index (χ0v) is 30.6. The third-order valence-corrected chi connectivity index (χ3v) is 7.44. The van der Waals surface area contributed by atoms with E-state index in [1.807, 2.05) is 115 Å². The number of hydrogen-bond donors (Lipinski definition) is 0. The minimum atomic E-state index is 0. The first kappa shape index (κ1) is 33.9. The van der Waals surface area contributed by atoms with E-state index in [0.29, 0.717) is 40.6 Å². The Bertz CT molecular complexity index is 2240. The maximum Gasteiger partial charge on any atom is 2.00 e. The van der Waals surface area contributed by atoms with Gasteiger partial charge in [0.2, 0.25) is 5.95 Å². The van der Waals surface area contributed by atoms with Crippen molar-refractivity contribution in [1.82, 2.24) is 29.5 Å². The van der Waals surface area contributed by atoms with Crippen molar-refractivity contribution in [3.05, 3.63) is 145 Å². The average Bonchev–Trinajstić information content (AvgIpc) is 3.41. The first-order valence-electron chi connectivity index (χ1n) is 14.9. The molecule has 0 aliphatic rings. The van der Waals surface area contributed by atoms with Crippen LogP contribution in [-0.4, -0.2) is 29.5 Å². The van der Waals surface area contributed by atoms with Crippen LogP contribution < -0.4 is 9.47 Å². The van der Waals surface area contributed by atoms with Crippen LogP contribution in [0.2, 0.25) is 0 Å². The zero-order chi connectivity index (χ0) is 31.7. The van der Waals surface area contributed by atoms with Gasteiger partial charge in [-0.3, -0.25) is 0 Å². The van der Waals surface area contributed by atoms with Crippen molar-refractivity contribution < 1.29 is 51.6 Å². The summed E-state index contributed by atoms with van der Waals surface area (Å²) < 4.78 is 14.5. The van der Waals surface area contributed by atoms with Crippen LogP contribution in [0.1, 0.15) is 11.6 Å². The molecule has 0 fully saturated rings. The summed E-state index contributed by atoms with van der Waals surface area (Å²) in [7, 11) is 0. The second-order valence-corrected chi connectivity index (χ2v) is 10.7. The standard InChI is InChI=1S/C39H24N6O2.2Pt/c1-25-42-26(2)44-39(43-25)45-37-23-31(46-29-11-7-9-27(21-29)35-13-3-5-19-40-35)15-17-33(37)34-18-16-32(24-38(34)45)47-30-12-8-10-28(22-30)36-14-4-6-20-41-36;;/h3-20H,1-2H3;;/q-4;2*+2. The van der Waals surface area contributed by atoms with Crippen molar-refractivity contribution in [1.29, 1.82) is 0 Å². The van der Waals surface area contributed by atoms with E-state index >= 15 is 0 Å². The van der Waals surface area contributed by atoms with Gasteiger partial charge in [-0.1, -0.05) is 47.4 Å². The van der Waals surface area contributed by atoms with Crippen LogP contribution in [-0.2, 0) is 42.1 Å². The fraction of sp³-hybridized carbons (Fsp3) is 0.0513. The van der Waals surface area contributed by atoms with Gasteiger partial charge in [-0.25, -0.2) is 4.98 Å². The fourth-order valence-corrected chi connectivity index (χ4v) is 5.44. The number of hydrogen-bond acceptors (Lipinski definition) is 7. The van der Waals surface area contributed by atoms with Crippen LogP contribution >= 0.6 is 0 Å². The van der Waals surface area contributed by atoms with Crippen molar-refractivity contribution in [2.45, 2.75) is 13.8 Å². The topological polar surface area (TPSA) is 87.8 Å². The molecule has 49 heavy (non-hydrogen) atoms. The van der Waals surface area contributed by atoms with Crippen LogP contribution in [0.3, 0.4) is 0 Å². The second kappa shape index (κ2) is 14.6. The van der Waals surface area contributed by atoms with E-state index in [4.69, 9.17) is 9.47 Å². The smallest absolute Gasteiger partial charge is 0.503 e. The van der Waals surface area contributed by atoms with E-state index in [0.717, 1.165) is 44.3 Å². The van der Waals surface area contributed by atoms with Crippen molar-refractivity contribution in [3.8, 4) is 51.5 Å². The van der Waals surface area contributed by atoms with Gasteiger partial charge >= 0.3 is 42.1 Å². The molecular weight excluding hydrogens is 975 g/mol. The monoisotopic (exact) mass is 998 g/mol. The van der Waals surface area contributed by atoms with Crippen LogP contribution in [0.4, 0.5) is 0 Å². The maximum absolute atomic E-state index is 6.28. The van der Waals surface area contributed by atoms with Crippen LogP contribution in [0.25, 0.3) is 50.3 Å². The molecule has 10 heteroatoms. The molecule has 0 unspecified atom stereocenters. The van der Waals surface area contributed by atoms with Gasteiger partial charge in [-0.15, -0.1) is 71.8 Å². The van der Waals surface area contributed by atoms with Gasteiger partial charge in [-0.05, 0) is 37.4 Å². The molecule has 0 saturated heterocycles. The summed E-state index contributed by atoms with van der Waals surface area (Å²) in [6, 6.07) is 44.3. The van der Waals surface area contributed by atoms with Gasteiger partial charge < -0.3 is 24.0 Å². The van der Waals surface area contributed by atoms with Gasteiger partial charge in [-0.2, -0.15) is 32.9 Å². The number of ether oxygens (including phenoxy) is 2. The molecule has 4 heterocycles. The molecule has 0 bridgehead atoms. The Balaban J connectivity index is 0.00000208. The fourth-order valence-electron chi connectivity index (χ4n) is 5.44. The Hall–Kier alpha value is -5.03. The summed E-state index contributed by atoms with van der Waals surface area (Å²) in [5.74, 6) is 3.76. The molecule has 4 aromatic carbocycles. The van der Waals surface area contributed by atoms with Crippen molar-refractivity contribution in [2.75, 3.05) is 0 Å². The van der Waals surface area contributed by atoms with E-state index in [9.17, 15) is 0 Å². The Morgan fingerprint density at radius 2 is 0.959 bits per heavy atom. The number of fused-ring (bicyclic) bond motifs is 3. The number of rotatable bonds is 7. The molecule has 242 valence electrons. The van der Waals surface area contributed by atoms with Crippen LogP contribution in [0.15, 0.2) is 109 Å². The molecule has 0 atom stereocenters. The first-order chi connectivity index (χ1) is 23.1. The Labute approximate surface area is 311 Å². The van der Waals surface area contributed by atoms with Gasteiger partial charge in [0.1, 0.15) is 11.6 Å². The van der Waals surface area contributed by atoms with Crippen LogP contribution in [0.5, 0.6) is 23.0 Å². The molecule has 0 spiro atoms. The zero-order valence-electron chi connectivity index (χ0n) is 26.0. The normalized spacial score (nSPS) is 10.7. The minimum Gasteiger partial charge on any atom is -0.503 e. The van der Waals surface area contributed by atoms with Gasteiger partial charge in [0.05, 0.1) is 0 Å². The SMILES string of the molecule is Cc1nc(C)nc(-n2c3[c-]c(Oc4[c-]c(-c5ccccn5)ccc4)ccc3c3ccc(Oc4[c-]c(-c5ccccn5)ccc4)[c-]c32)n1.[Pt+2].[Pt+2]. The first-order valence-corrected chi connectivity index (χ1v) is 14.9. The van der Waals surface area contributed by atoms with E-state index in [1.165, 1.54) is 0 Å². The summed E-state index contributed by atoms with van der Waals surface area (Å²) in [6.07, 6.45) is 3.51. The third kappa shape index (κ3) is 7.07. The molecule has 0 amide bonds. The third-order valence-electron chi connectivity index (χ3n) is 7.44. The Kier molecular flexibility index (Phi) is 10.1. The molecule has 4 aromatic heterocycles. The quantitative estimate of drug-likeness (QED) is 0.148. The summed E-state index contributed by atoms with van der Waals surface area (Å²) in [6.45, 7) is 3.69. The van der Waals surface area contributed by atoms with Gasteiger partial charge in [0.15, 0.2) is 0 Å². The molecule has 8 rings (SSSR count). The molecule has 0 aliphatic carbocycles. The number of pyridine rings is 2. The maximum atomic E-state index is 6.28. The molecule has 0 aliphatic heterocycles. The van der Waals surface area contributed by atoms with E-state index in [1.54, 1.807) is 12.4 Å². The summed E-state index contributed by atoms with van der Waals surface area (Å²) in [5.41, 5.74) is 4.74. The molecule has 0 radical (unpaired) electrons. The van der Waals surface area contributed by atoms with Gasteiger partial charge in [0, 0.05) is 35.4 Å². The second-order valence-electron chi connectivity index (χ2n) is 10.7. The van der Waals surface area contributed by atoms with E-state index in [-0.39, 0.29) is 42.1 Å². The van der Waals surface area contributed by atoms with Crippen LogP contribution in [0, 0.1) is 38.1 Å². The average molecular weight is 999 g/mol. The number of nitrogens with zero attached hydrogens (tertiary/aromatic N) is 6. The van der Waals surface area contributed by atoms with Crippen molar-refractivity contribution >= 4 is 21.8 Å². The predicted molar refractivity (Wildman–Crippen MR) is 178 cm³/mol. The summed E-state index contributed by atoms with van der Waals surface area (Å²) in [4.78, 5) is 22.6. The van der Waals surface area contributed by atoms with E-state index < -0.39 is 0 Å². The van der Waals surface area contributed by atoms with Gasteiger partial charge in [0.25, 0.3) is 0 Å². The molecule has 0 N–H and O–H groups in total. The number of aromatic nitrogens is 6. The summed E-state index contributed by atoms with van der Waals surface area (Å²) in [5, 5.41) is 1.86. The van der Waals surface area contributed by atoms with E-state index in [2.05, 4.69) is 49.2 Å².